The molecule has 3 heterocycles. The van der Waals surface area contributed by atoms with Gasteiger partial charge >= 0.3 is 0 Å². The number of carbonyl (C=O) groups excluding carboxylic acids is 3. The van der Waals surface area contributed by atoms with Crippen LogP contribution in [0.25, 0.3) is 11.4 Å². The number of piperidine rings is 1. The summed E-state index contributed by atoms with van der Waals surface area (Å²) in [7, 11) is 0. The minimum absolute atomic E-state index is 0.126. The van der Waals surface area contributed by atoms with Crippen LogP contribution in [0.5, 0.6) is 0 Å². The topological polar surface area (TPSA) is 96.6 Å². The van der Waals surface area contributed by atoms with Gasteiger partial charge in [-0.3, -0.25) is 19.3 Å². The highest BCUT2D eigenvalue weighted by Gasteiger charge is 2.59. The molecule has 5 unspecified atom stereocenters. The molecular weight excluding hydrogens is 427 g/mol. The molecule has 4 aliphatic rings. The molecule has 0 spiro atoms. The van der Waals surface area contributed by atoms with E-state index >= 15 is 0 Å². The summed E-state index contributed by atoms with van der Waals surface area (Å²) in [5.74, 6) is -0.834. The lowest BCUT2D eigenvalue weighted by Crippen LogP contribution is -2.46. The maximum Gasteiger partial charge on any atom is 0.242 e. The molecule has 1 aromatic carbocycles. The summed E-state index contributed by atoms with van der Waals surface area (Å²) >= 11 is 0. The monoisotopic (exact) mass is 450 g/mol. The quantitative estimate of drug-likeness (QED) is 0.524. The fourth-order valence-corrected chi connectivity index (χ4v) is 5.91. The van der Waals surface area contributed by atoms with E-state index in [2.05, 4.69) is 10.1 Å². The highest BCUT2D eigenvalue weighted by atomic mass is 19.1. The number of amides is 3. The van der Waals surface area contributed by atoms with Gasteiger partial charge < -0.3 is 9.42 Å². The molecule has 170 valence electrons. The van der Waals surface area contributed by atoms with Gasteiger partial charge in [0.1, 0.15) is 12.4 Å². The molecule has 2 aromatic rings. The van der Waals surface area contributed by atoms with Gasteiger partial charge in [-0.25, -0.2) is 4.39 Å². The maximum atomic E-state index is 13.5. The minimum Gasteiger partial charge on any atom is -0.340 e. The van der Waals surface area contributed by atoms with Crippen LogP contribution in [0.4, 0.5) is 4.39 Å². The first-order valence-corrected chi connectivity index (χ1v) is 11.4. The zero-order valence-electron chi connectivity index (χ0n) is 17.9. The summed E-state index contributed by atoms with van der Waals surface area (Å²) in [6.45, 7) is 0.713. The van der Waals surface area contributed by atoms with Crippen molar-refractivity contribution in [3.63, 3.8) is 0 Å². The lowest BCUT2D eigenvalue weighted by Gasteiger charge is -2.32. The lowest BCUT2D eigenvalue weighted by molar-refractivity contribution is -0.147. The van der Waals surface area contributed by atoms with E-state index in [9.17, 15) is 18.8 Å². The summed E-state index contributed by atoms with van der Waals surface area (Å²) in [5.41, 5.74) is 0.522. The molecule has 2 aliphatic carbocycles. The number of hydrogen-bond donors (Lipinski definition) is 0. The van der Waals surface area contributed by atoms with Gasteiger partial charge in [0.25, 0.3) is 0 Å². The van der Waals surface area contributed by atoms with E-state index in [0.717, 1.165) is 19.3 Å². The Hall–Kier alpha value is -3.36. The standard InChI is InChI=1S/C24H23FN4O4/c25-17-5-1-3-15(10-17)21-26-22(33-27-21)16-4-2-8-28(11-16)18(30)12-29-23(31)19-13-6-7-14(9-13)20(19)24(29)32/h1,3,5-7,10,13-14,16,19-20H,2,4,8-9,11-12H2. The summed E-state index contributed by atoms with van der Waals surface area (Å²) in [6.07, 6.45) is 6.47. The Kier molecular flexibility index (Phi) is 4.67. The van der Waals surface area contributed by atoms with E-state index < -0.39 is 0 Å². The van der Waals surface area contributed by atoms with Crippen LogP contribution in [0.1, 0.15) is 31.1 Å². The molecule has 8 nitrogen and oxygen atoms in total. The molecule has 9 heteroatoms. The molecule has 0 N–H and O–H groups in total. The third-order valence-corrected chi connectivity index (χ3v) is 7.50. The van der Waals surface area contributed by atoms with Gasteiger partial charge in [-0.05, 0) is 43.2 Å². The summed E-state index contributed by atoms with van der Waals surface area (Å²) in [6, 6.07) is 5.97. The van der Waals surface area contributed by atoms with Crippen molar-refractivity contribution >= 4 is 17.7 Å². The van der Waals surface area contributed by atoms with Crippen molar-refractivity contribution in [1.82, 2.24) is 19.9 Å². The average Bonchev–Trinajstić information content (AvgIpc) is 3.60. The van der Waals surface area contributed by atoms with E-state index in [1.54, 1.807) is 17.0 Å². The molecule has 0 radical (unpaired) electrons. The van der Waals surface area contributed by atoms with Crippen LogP contribution in [0.2, 0.25) is 0 Å². The number of likely N-dealkylation sites (tertiary alicyclic amines) is 2. The highest BCUT2D eigenvalue weighted by Crippen LogP contribution is 2.52. The van der Waals surface area contributed by atoms with Crippen molar-refractivity contribution < 1.29 is 23.3 Å². The molecule has 2 saturated heterocycles. The van der Waals surface area contributed by atoms with Crippen molar-refractivity contribution in [2.45, 2.75) is 25.2 Å². The number of halogens is 1. The molecule has 1 saturated carbocycles. The minimum atomic E-state index is -0.382. The van der Waals surface area contributed by atoms with Crippen LogP contribution in [-0.2, 0) is 14.4 Å². The van der Waals surface area contributed by atoms with E-state index in [0.29, 0.717) is 30.4 Å². The lowest BCUT2D eigenvalue weighted by atomic mass is 9.85. The molecule has 2 aliphatic heterocycles. The van der Waals surface area contributed by atoms with Gasteiger partial charge in [0.2, 0.25) is 29.4 Å². The van der Waals surface area contributed by atoms with E-state index in [-0.39, 0.29) is 59.7 Å². The van der Waals surface area contributed by atoms with Gasteiger partial charge in [0.05, 0.1) is 17.8 Å². The van der Waals surface area contributed by atoms with Crippen molar-refractivity contribution in [3.8, 4) is 11.4 Å². The first-order chi connectivity index (χ1) is 16.0. The molecular formula is C24H23FN4O4. The molecule has 6 rings (SSSR count). The number of allylic oxidation sites excluding steroid dienone is 2. The Morgan fingerprint density at radius 3 is 2.64 bits per heavy atom. The van der Waals surface area contributed by atoms with E-state index in [1.807, 2.05) is 12.2 Å². The zero-order valence-corrected chi connectivity index (χ0v) is 17.9. The van der Waals surface area contributed by atoms with Gasteiger partial charge in [-0.2, -0.15) is 4.98 Å². The van der Waals surface area contributed by atoms with Crippen LogP contribution in [0.15, 0.2) is 40.9 Å². The largest absolute Gasteiger partial charge is 0.340 e. The Labute approximate surface area is 189 Å². The van der Waals surface area contributed by atoms with Crippen LogP contribution >= 0.6 is 0 Å². The third kappa shape index (κ3) is 3.29. The molecule has 5 atom stereocenters. The number of nitrogens with zero attached hydrogens (tertiary/aromatic N) is 4. The number of benzene rings is 1. The zero-order chi connectivity index (χ0) is 22.7. The summed E-state index contributed by atoms with van der Waals surface area (Å²) < 4.78 is 18.9. The van der Waals surface area contributed by atoms with Crippen LogP contribution < -0.4 is 0 Å². The molecule has 33 heavy (non-hydrogen) atoms. The molecule has 3 fully saturated rings. The van der Waals surface area contributed by atoms with Crippen molar-refractivity contribution in [3.05, 3.63) is 48.1 Å². The second kappa shape index (κ2) is 7.60. The number of fused-ring (bicyclic) bond motifs is 5. The van der Waals surface area contributed by atoms with Crippen LogP contribution in [-0.4, -0.2) is 57.3 Å². The predicted molar refractivity (Wildman–Crippen MR) is 113 cm³/mol. The molecule has 1 aromatic heterocycles. The van der Waals surface area contributed by atoms with Gasteiger partial charge in [-0.1, -0.05) is 29.4 Å². The third-order valence-electron chi connectivity index (χ3n) is 7.50. The maximum absolute atomic E-state index is 13.5. The SMILES string of the molecule is O=C(CN1C(=O)C2C3C=CC(C3)C2C1=O)N1CCCC(c2nc(-c3cccc(F)c3)no2)C1. The first-order valence-electron chi connectivity index (χ1n) is 11.4. The fraction of sp³-hybridized carbons (Fsp3) is 0.458. The molecule has 3 amide bonds. The average molecular weight is 450 g/mol. The van der Waals surface area contributed by atoms with Crippen LogP contribution in [0.3, 0.4) is 0 Å². The Balaban J connectivity index is 1.13. The van der Waals surface area contributed by atoms with Gasteiger partial charge in [-0.15, -0.1) is 0 Å². The Bertz CT molecular complexity index is 1150. The van der Waals surface area contributed by atoms with Crippen LogP contribution in [0, 0.1) is 29.5 Å². The second-order valence-electron chi connectivity index (χ2n) is 9.41. The van der Waals surface area contributed by atoms with E-state index in [1.165, 1.54) is 17.0 Å². The normalized spacial score (nSPS) is 30.4. The number of imide groups is 1. The first kappa shape index (κ1) is 20.3. The highest BCUT2D eigenvalue weighted by molar-refractivity contribution is 6.08. The predicted octanol–water partition coefficient (Wildman–Crippen LogP) is 2.39. The van der Waals surface area contributed by atoms with E-state index in [4.69, 9.17) is 4.52 Å². The van der Waals surface area contributed by atoms with Crippen molar-refractivity contribution in [2.75, 3.05) is 19.6 Å². The smallest absolute Gasteiger partial charge is 0.242 e. The summed E-state index contributed by atoms with van der Waals surface area (Å²) in [4.78, 5) is 46.1. The summed E-state index contributed by atoms with van der Waals surface area (Å²) in [5, 5.41) is 3.97. The number of carbonyl (C=O) groups is 3. The number of hydrogen-bond acceptors (Lipinski definition) is 6. The Morgan fingerprint density at radius 1 is 1.15 bits per heavy atom. The number of rotatable bonds is 4. The van der Waals surface area contributed by atoms with Gasteiger partial charge in [0, 0.05) is 18.7 Å². The fourth-order valence-electron chi connectivity index (χ4n) is 5.91. The molecule has 2 bridgehead atoms. The van der Waals surface area contributed by atoms with Gasteiger partial charge in [0.15, 0.2) is 0 Å². The Morgan fingerprint density at radius 2 is 1.91 bits per heavy atom. The van der Waals surface area contributed by atoms with Crippen molar-refractivity contribution in [1.29, 1.82) is 0 Å². The van der Waals surface area contributed by atoms with Crippen molar-refractivity contribution in [2.24, 2.45) is 23.7 Å². The number of aromatic nitrogens is 2. The second-order valence-corrected chi connectivity index (χ2v) is 9.41.